The van der Waals surface area contributed by atoms with Crippen molar-refractivity contribution in [1.82, 2.24) is 20.2 Å². The highest BCUT2D eigenvalue weighted by Gasteiger charge is 2.19. The van der Waals surface area contributed by atoms with E-state index in [4.69, 9.17) is 0 Å². The number of hydrogen-bond donors (Lipinski definition) is 1. The van der Waals surface area contributed by atoms with Crippen molar-refractivity contribution in [1.29, 1.82) is 0 Å². The predicted molar refractivity (Wildman–Crippen MR) is 150 cm³/mol. The number of thioether (sulfide) groups is 1. The third-order valence-corrected chi connectivity index (χ3v) is 6.65. The number of rotatable bonds is 8. The molecular formula is C29H29N5O3S. The number of nitrogens with one attached hydrogen (secondary N) is 1. The Morgan fingerprint density at radius 1 is 0.974 bits per heavy atom. The van der Waals surface area contributed by atoms with Gasteiger partial charge in [-0.15, -0.1) is 10.2 Å². The van der Waals surface area contributed by atoms with Crippen LogP contribution in [-0.4, -0.2) is 45.7 Å². The zero-order valence-electron chi connectivity index (χ0n) is 21.7. The summed E-state index contributed by atoms with van der Waals surface area (Å²) in [5, 5.41) is 13.5. The van der Waals surface area contributed by atoms with Crippen molar-refractivity contribution in [3.63, 3.8) is 0 Å². The topological polar surface area (TPSA) is 98.5 Å². The summed E-state index contributed by atoms with van der Waals surface area (Å²) < 4.78 is 6.64. The van der Waals surface area contributed by atoms with Crippen LogP contribution in [0.1, 0.15) is 42.3 Å². The molecule has 0 fully saturated rings. The van der Waals surface area contributed by atoms with Gasteiger partial charge >= 0.3 is 5.97 Å². The first-order chi connectivity index (χ1) is 18.3. The minimum Gasteiger partial charge on any atom is -0.465 e. The summed E-state index contributed by atoms with van der Waals surface area (Å²) in [5.74, 6) is 0.114. The van der Waals surface area contributed by atoms with Crippen LogP contribution in [0.3, 0.4) is 0 Å². The molecule has 0 aliphatic heterocycles. The summed E-state index contributed by atoms with van der Waals surface area (Å²) in [6, 6.07) is 24.9. The fourth-order valence-electron chi connectivity index (χ4n) is 3.64. The second-order valence-corrected chi connectivity index (χ2v) is 10.4. The number of ether oxygens (including phenoxy) is 1. The first-order valence-electron chi connectivity index (χ1n) is 12.0. The van der Waals surface area contributed by atoms with Crippen molar-refractivity contribution in [2.75, 3.05) is 12.9 Å². The van der Waals surface area contributed by atoms with E-state index < -0.39 is 5.97 Å². The van der Waals surface area contributed by atoms with Gasteiger partial charge in [-0.05, 0) is 40.8 Å². The lowest BCUT2D eigenvalue weighted by molar-refractivity contribution is -0.118. The summed E-state index contributed by atoms with van der Waals surface area (Å²) >= 11 is 1.28. The Kier molecular flexibility index (Phi) is 8.38. The summed E-state index contributed by atoms with van der Waals surface area (Å²) in [6.07, 6.45) is 1.51. The maximum Gasteiger partial charge on any atom is 0.337 e. The summed E-state index contributed by atoms with van der Waals surface area (Å²) in [4.78, 5) is 24.0. The van der Waals surface area contributed by atoms with Crippen LogP contribution in [-0.2, 0) is 14.9 Å². The highest BCUT2D eigenvalue weighted by molar-refractivity contribution is 7.99. The Hall–Kier alpha value is -4.24. The number of carbonyl (C=O) groups excluding carboxylic acids is 2. The standard InChI is InChI=1S/C29H29N5O3S/c1-29(2,3)23-16-14-21(15-17-23)26-32-33-28(34(26)24-8-6-5-7-9-24)38-19-25(35)31-30-18-20-10-12-22(13-11-20)27(36)37-4/h5-18H,19H2,1-4H3,(H,31,35). The number of esters is 1. The van der Waals surface area contributed by atoms with Crippen LogP contribution in [0.4, 0.5) is 0 Å². The molecule has 0 aliphatic rings. The van der Waals surface area contributed by atoms with Crippen molar-refractivity contribution in [3.05, 3.63) is 95.6 Å². The molecule has 1 aromatic heterocycles. The maximum absolute atomic E-state index is 12.5. The Balaban J connectivity index is 1.46. The Morgan fingerprint density at radius 3 is 2.29 bits per heavy atom. The average molecular weight is 528 g/mol. The molecule has 0 saturated heterocycles. The Labute approximate surface area is 226 Å². The van der Waals surface area contributed by atoms with Gasteiger partial charge in [0.25, 0.3) is 5.91 Å². The molecule has 9 heteroatoms. The summed E-state index contributed by atoms with van der Waals surface area (Å²) in [6.45, 7) is 6.54. The Bertz CT molecular complexity index is 1420. The van der Waals surface area contributed by atoms with Gasteiger partial charge in [0, 0.05) is 11.3 Å². The predicted octanol–water partition coefficient (Wildman–Crippen LogP) is 5.26. The first-order valence-corrected chi connectivity index (χ1v) is 13.0. The van der Waals surface area contributed by atoms with Crippen molar-refractivity contribution in [2.24, 2.45) is 5.10 Å². The Morgan fingerprint density at radius 2 is 1.66 bits per heavy atom. The molecule has 4 aromatic rings. The second-order valence-electron chi connectivity index (χ2n) is 9.50. The zero-order chi connectivity index (χ0) is 27.1. The highest BCUT2D eigenvalue weighted by Crippen LogP contribution is 2.30. The van der Waals surface area contributed by atoms with E-state index in [-0.39, 0.29) is 17.1 Å². The lowest BCUT2D eigenvalue weighted by Crippen LogP contribution is -2.20. The lowest BCUT2D eigenvalue weighted by atomic mass is 9.87. The van der Waals surface area contributed by atoms with Gasteiger partial charge in [0.1, 0.15) is 0 Å². The van der Waals surface area contributed by atoms with E-state index in [0.717, 1.165) is 16.8 Å². The molecule has 1 N–H and O–H groups in total. The van der Waals surface area contributed by atoms with Gasteiger partial charge in [-0.3, -0.25) is 9.36 Å². The first kappa shape index (κ1) is 26.8. The van der Waals surface area contributed by atoms with Crippen molar-refractivity contribution >= 4 is 29.9 Å². The van der Waals surface area contributed by atoms with Crippen LogP contribution in [0.25, 0.3) is 17.1 Å². The molecule has 0 radical (unpaired) electrons. The van der Waals surface area contributed by atoms with Crippen LogP contribution in [0, 0.1) is 0 Å². The van der Waals surface area contributed by atoms with Crippen LogP contribution >= 0.6 is 11.8 Å². The van der Waals surface area contributed by atoms with Gasteiger partial charge in [0.15, 0.2) is 11.0 Å². The van der Waals surface area contributed by atoms with Crippen LogP contribution in [0.2, 0.25) is 0 Å². The van der Waals surface area contributed by atoms with Crippen molar-refractivity contribution in [3.8, 4) is 17.1 Å². The smallest absolute Gasteiger partial charge is 0.337 e. The molecular weight excluding hydrogens is 498 g/mol. The minimum atomic E-state index is -0.410. The van der Waals surface area contributed by atoms with Crippen LogP contribution < -0.4 is 5.43 Å². The van der Waals surface area contributed by atoms with E-state index in [1.165, 1.54) is 30.6 Å². The monoisotopic (exact) mass is 527 g/mol. The van der Waals surface area contributed by atoms with E-state index in [1.54, 1.807) is 24.3 Å². The lowest BCUT2D eigenvalue weighted by Gasteiger charge is -2.19. The molecule has 0 aliphatic carbocycles. The SMILES string of the molecule is COC(=O)c1ccc(C=NNC(=O)CSc2nnc(-c3ccc(C(C)(C)C)cc3)n2-c2ccccc2)cc1. The van der Waals surface area contributed by atoms with Crippen LogP contribution in [0.5, 0.6) is 0 Å². The number of hydrogen-bond acceptors (Lipinski definition) is 7. The molecule has 8 nitrogen and oxygen atoms in total. The van der Waals surface area contributed by atoms with Gasteiger partial charge in [0.2, 0.25) is 0 Å². The normalized spacial score (nSPS) is 11.5. The summed E-state index contributed by atoms with van der Waals surface area (Å²) in [5.41, 5.74) is 6.83. The largest absolute Gasteiger partial charge is 0.465 e. The molecule has 1 amide bonds. The third kappa shape index (κ3) is 6.54. The molecule has 0 unspecified atom stereocenters. The number of para-hydroxylation sites is 1. The molecule has 0 atom stereocenters. The van der Waals surface area contributed by atoms with E-state index in [2.05, 4.69) is 70.5 Å². The maximum atomic E-state index is 12.5. The number of amides is 1. The quantitative estimate of drug-likeness (QED) is 0.145. The molecule has 4 rings (SSSR count). The molecule has 194 valence electrons. The fraction of sp³-hybridized carbons (Fsp3) is 0.207. The molecule has 0 bridgehead atoms. The average Bonchev–Trinajstić information content (AvgIpc) is 3.36. The van der Waals surface area contributed by atoms with Crippen molar-refractivity contribution < 1.29 is 14.3 Å². The van der Waals surface area contributed by atoms with Gasteiger partial charge in [-0.1, -0.05) is 87.1 Å². The van der Waals surface area contributed by atoms with Crippen LogP contribution in [0.15, 0.2) is 89.1 Å². The number of methoxy groups -OCH3 is 1. The highest BCUT2D eigenvalue weighted by atomic mass is 32.2. The molecule has 38 heavy (non-hydrogen) atoms. The van der Waals surface area contributed by atoms with Gasteiger partial charge in [-0.2, -0.15) is 5.10 Å². The number of aromatic nitrogens is 3. The second kappa shape index (κ2) is 11.9. The number of carbonyl (C=O) groups is 2. The summed E-state index contributed by atoms with van der Waals surface area (Å²) in [7, 11) is 1.33. The number of hydrazone groups is 1. The van der Waals surface area contributed by atoms with Gasteiger partial charge in [0.05, 0.1) is 24.6 Å². The molecule has 0 saturated carbocycles. The zero-order valence-corrected chi connectivity index (χ0v) is 22.5. The van der Waals surface area contributed by atoms with Gasteiger partial charge < -0.3 is 4.74 Å². The minimum absolute atomic E-state index is 0.0506. The number of benzene rings is 3. The third-order valence-electron chi connectivity index (χ3n) is 5.72. The van der Waals surface area contributed by atoms with Gasteiger partial charge in [-0.25, -0.2) is 10.2 Å². The van der Waals surface area contributed by atoms with E-state index >= 15 is 0 Å². The van der Waals surface area contributed by atoms with Crippen molar-refractivity contribution in [2.45, 2.75) is 31.3 Å². The fourth-order valence-corrected chi connectivity index (χ4v) is 4.39. The molecule has 1 heterocycles. The van der Waals surface area contributed by atoms with E-state index in [0.29, 0.717) is 16.5 Å². The van der Waals surface area contributed by atoms with E-state index in [9.17, 15) is 9.59 Å². The molecule has 0 spiro atoms. The molecule has 3 aromatic carbocycles. The van der Waals surface area contributed by atoms with E-state index in [1.807, 2.05) is 34.9 Å². The number of nitrogens with zero attached hydrogens (tertiary/aromatic N) is 4.